The first kappa shape index (κ1) is 17.8. The lowest BCUT2D eigenvalue weighted by Crippen LogP contribution is -2.27. The molecule has 1 saturated heterocycles. The SMILES string of the molecule is O=C(O)c1ccc(N2C(=O)C(=Cc3ccc([N+](=O)[O-])cc3)SC2=S)cc1. The number of thiocarbonyl (C=S) groups is 1. The summed E-state index contributed by atoms with van der Waals surface area (Å²) in [6.07, 6.45) is 1.61. The maximum absolute atomic E-state index is 12.6. The fourth-order valence-corrected chi connectivity index (χ4v) is 3.59. The molecule has 0 unspecified atom stereocenters. The van der Waals surface area contributed by atoms with Gasteiger partial charge in [-0.2, -0.15) is 0 Å². The molecule has 0 atom stereocenters. The smallest absolute Gasteiger partial charge is 0.335 e. The predicted octanol–water partition coefficient (Wildman–Crippen LogP) is 3.70. The molecule has 130 valence electrons. The molecular weight excluding hydrogens is 376 g/mol. The van der Waals surface area contributed by atoms with Gasteiger partial charge in [-0.3, -0.25) is 19.8 Å². The van der Waals surface area contributed by atoms with Gasteiger partial charge in [-0.1, -0.05) is 24.0 Å². The van der Waals surface area contributed by atoms with Crippen LogP contribution in [0.5, 0.6) is 0 Å². The number of nitro groups is 1. The largest absolute Gasteiger partial charge is 0.478 e. The summed E-state index contributed by atoms with van der Waals surface area (Å²) in [5.74, 6) is -1.39. The van der Waals surface area contributed by atoms with E-state index in [9.17, 15) is 19.7 Å². The van der Waals surface area contributed by atoms with Crippen LogP contribution in [0.1, 0.15) is 15.9 Å². The summed E-state index contributed by atoms with van der Waals surface area (Å²) in [7, 11) is 0. The third-order valence-electron chi connectivity index (χ3n) is 3.57. The van der Waals surface area contributed by atoms with Crippen molar-refractivity contribution in [3.8, 4) is 0 Å². The molecule has 9 heteroatoms. The van der Waals surface area contributed by atoms with E-state index in [1.54, 1.807) is 18.2 Å². The predicted molar refractivity (Wildman–Crippen MR) is 102 cm³/mol. The Hall–Kier alpha value is -3.04. The number of rotatable bonds is 4. The Balaban J connectivity index is 1.86. The van der Waals surface area contributed by atoms with E-state index in [1.165, 1.54) is 41.3 Å². The van der Waals surface area contributed by atoms with Gasteiger partial charge in [-0.15, -0.1) is 0 Å². The van der Waals surface area contributed by atoms with Crippen LogP contribution >= 0.6 is 24.0 Å². The third kappa shape index (κ3) is 3.48. The van der Waals surface area contributed by atoms with Gasteiger partial charge in [-0.05, 0) is 48.0 Å². The highest BCUT2D eigenvalue weighted by atomic mass is 32.2. The average Bonchev–Trinajstić information content (AvgIpc) is 2.89. The molecule has 0 saturated carbocycles. The normalized spacial score (nSPS) is 15.5. The first-order valence-corrected chi connectivity index (χ1v) is 8.45. The lowest BCUT2D eigenvalue weighted by molar-refractivity contribution is -0.384. The Kier molecular flexibility index (Phi) is 4.83. The number of carboxylic acids is 1. The number of hydrogen-bond donors (Lipinski definition) is 1. The van der Waals surface area contributed by atoms with E-state index in [1.807, 2.05) is 0 Å². The Morgan fingerprint density at radius 1 is 1.15 bits per heavy atom. The Bertz CT molecular complexity index is 952. The van der Waals surface area contributed by atoms with Crippen molar-refractivity contribution in [3.63, 3.8) is 0 Å². The van der Waals surface area contributed by atoms with Crippen molar-refractivity contribution < 1.29 is 19.6 Å². The highest BCUT2D eigenvalue weighted by Gasteiger charge is 2.33. The van der Waals surface area contributed by atoms with Crippen LogP contribution in [0, 0.1) is 10.1 Å². The van der Waals surface area contributed by atoms with Gasteiger partial charge in [0.05, 0.1) is 21.1 Å². The van der Waals surface area contributed by atoms with Crippen LogP contribution in [0.15, 0.2) is 53.4 Å². The van der Waals surface area contributed by atoms with E-state index < -0.39 is 10.9 Å². The molecule has 0 aromatic heterocycles. The summed E-state index contributed by atoms with van der Waals surface area (Å²) in [6.45, 7) is 0. The van der Waals surface area contributed by atoms with Crippen molar-refractivity contribution in [2.24, 2.45) is 0 Å². The quantitative estimate of drug-likeness (QED) is 0.370. The number of anilines is 1. The van der Waals surface area contributed by atoms with Crippen molar-refractivity contribution in [3.05, 3.63) is 74.7 Å². The molecule has 0 bridgehead atoms. The first-order chi connectivity index (χ1) is 12.4. The van der Waals surface area contributed by atoms with E-state index >= 15 is 0 Å². The topological polar surface area (TPSA) is 101 Å². The maximum atomic E-state index is 12.6. The summed E-state index contributed by atoms with van der Waals surface area (Å²) in [6, 6.07) is 11.6. The van der Waals surface area contributed by atoms with E-state index in [-0.39, 0.29) is 17.2 Å². The van der Waals surface area contributed by atoms with Gasteiger partial charge in [-0.25, -0.2) is 4.79 Å². The average molecular weight is 386 g/mol. The molecule has 1 N–H and O–H groups in total. The van der Waals surface area contributed by atoms with Crippen LogP contribution in [-0.4, -0.2) is 26.2 Å². The molecule has 3 rings (SSSR count). The van der Waals surface area contributed by atoms with E-state index in [2.05, 4.69) is 0 Å². The summed E-state index contributed by atoms with van der Waals surface area (Å²) in [5.41, 5.74) is 1.19. The minimum atomic E-state index is -1.06. The van der Waals surface area contributed by atoms with Crippen LogP contribution in [0.3, 0.4) is 0 Å². The van der Waals surface area contributed by atoms with Crippen molar-refractivity contribution in [1.29, 1.82) is 0 Å². The molecule has 1 fully saturated rings. The second-order valence-electron chi connectivity index (χ2n) is 5.22. The summed E-state index contributed by atoms with van der Waals surface area (Å²) in [5, 5.41) is 19.6. The van der Waals surface area contributed by atoms with Crippen LogP contribution in [-0.2, 0) is 4.79 Å². The highest BCUT2D eigenvalue weighted by molar-refractivity contribution is 8.27. The van der Waals surface area contributed by atoms with Crippen molar-refractivity contribution in [2.75, 3.05) is 4.90 Å². The zero-order valence-electron chi connectivity index (χ0n) is 13.0. The molecule has 26 heavy (non-hydrogen) atoms. The number of nitro benzene ring substituents is 1. The van der Waals surface area contributed by atoms with Crippen LogP contribution in [0.2, 0.25) is 0 Å². The second kappa shape index (κ2) is 7.06. The highest BCUT2D eigenvalue weighted by Crippen LogP contribution is 2.36. The van der Waals surface area contributed by atoms with E-state index in [0.29, 0.717) is 20.5 Å². The molecular formula is C17H10N2O5S2. The van der Waals surface area contributed by atoms with Gasteiger partial charge in [0.1, 0.15) is 0 Å². The molecule has 2 aromatic carbocycles. The number of amides is 1. The van der Waals surface area contributed by atoms with Crippen LogP contribution in [0.4, 0.5) is 11.4 Å². The van der Waals surface area contributed by atoms with Crippen molar-refractivity contribution in [1.82, 2.24) is 0 Å². The lowest BCUT2D eigenvalue weighted by Gasteiger charge is -2.14. The Morgan fingerprint density at radius 2 is 1.77 bits per heavy atom. The minimum absolute atomic E-state index is 0.0341. The Labute approximate surface area is 157 Å². The molecule has 0 spiro atoms. The first-order valence-electron chi connectivity index (χ1n) is 7.22. The fourth-order valence-electron chi connectivity index (χ4n) is 2.29. The number of carbonyl (C=O) groups is 2. The molecule has 0 radical (unpaired) electrons. The zero-order chi connectivity index (χ0) is 18.8. The summed E-state index contributed by atoms with van der Waals surface area (Å²) < 4.78 is 0.325. The lowest BCUT2D eigenvalue weighted by atomic mass is 10.2. The van der Waals surface area contributed by atoms with E-state index in [0.717, 1.165) is 11.8 Å². The van der Waals surface area contributed by atoms with Gasteiger partial charge in [0, 0.05) is 12.1 Å². The second-order valence-corrected chi connectivity index (χ2v) is 6.89. The van der Waals surface area contributed by atoms with Crippen LogP contribution < -0.4 is 4.90 Å². The number of nitrogens with zero attached hydrogens (tertiary/aromatic N) is 2. The molecule has 0 aliphatic carbocycles. The number of benzene rings is 2. The molecule has 1 aliphatic rings. The zero-order valence-corrected chi connectivity index (χ0v) is 14.6. The standard InChI is InChI=1S/C17H10N2O5S2/c20-15-14(9-10-1-5-13(6-2-10)19(23)24)26-17(25)18(15)12-7-3-11(4-8-12)16(21)22/h1-9H,(H,21,22). The molecule has 1 aliphatic heterocycles. The van der Waals surface area contributed by atoms with Gasteiger partial charge >= 0.3 is 5.97 Å². The Morgan fingerprint density at radius 3 is 2.31 bits per heavy atom. The summed E-state index contributed by atoms with van der Waals surface area (Å²) >= 11 is 6.37. The van der Waals surface area contributed by atoms with Gasteiger partial charge in [0.2, 0.25) is 0 Å². The van der Waals surface area contributed by atoms with Crippen LogP contribution in [0.25, 0.3) is 6.08 Å². The molecule has 7 nitrogen and oxygen atoms in total. The van der Waals surface area contributed by atoms with Crippen molar-refractivity contribution >= 4 is 57.6 Å². The maximum Gasteiger partial charge on any atom is 0.335 e. The fraction of sp³-hybridized carbons (Fsp3) is 0. The van der Waals surface area contributed by atoms with E-state index in [4.69, 9.17) is 17.3 Å². The number of carbonyl (C=O) groups excluding carboxylic acids is 1. The number of non-ortho nitro benzene ring substituents is 1. The van der Waals surface area contributed by atoms with Gasteiger partial charge in [0.25, 0.3) is 11.6 Å². The number of aromatic carboxylic acids is 1. The number of thioether (sulfide) groups is 1. The molecule has 1 amide bonds. The number of carboxylic acid groups (broad SMARTS) is 1. The number of hydrogen-bond acceptors (Lipinski definition) is 6. The molecule has 1 heterocycles. The summed E-state index contributed by atoms with van der Waals surface area (Å²) in [4.78, 5) is 35.5. The minimum Gasteiger partial charge on any atom is -0.478 e. The third-order valence-corrected chi connectivity index (χ3v) is 4.87. The molecule has 2 aromatic rings. The van der Waals surface area contributed by atoms with Crippen molar-refractivity contribution in [2.45, 2.75) is 0 Å². The van der Waals surface area contributed by atoms with Gasteiger partial charge < -0.3 is 5.11 Å². The van der Waals surface area contributed by atoms with Gasteiger partial charge in [0.15, 0.2) is 4.32 Å². The monoisotopic (exact) mass is 386 g/mol.